The third-order valence-corrected chi connectivity index (χ3v) is 8.01. The van der Waals surface area contributed by atoms with Crippen LogP contribution in [0.25, 0.3) is 0 Å². The van der Waals surface area contributed by atoms with Crippen molar-refractivity contribution >= 4 is 33.2 Å². The largest absolute Gasteiger partial charge is 0.354 e. The highest BCUT2D eigenvalue weighted by Crippen LogP contribution is 2.28. The number of sulfonamides is 1. The molecule has 0 aliphatic rings. The summed E-state index contributed by atoms with van der Waals surface area (Å²) in [5.41, 5.74) is 2.76. The topological polar surface area (TPSA) is 130 Å². The quantitative estimate of drug-likeness (QED) is 0.166. The molecular weight excluding hydrogens is 556 g/mol. The fourth-order valence-corrected chi connectivity index (χ4v) is 5.54. The summed E-state index contributed by atoms with van der Waals surface area (Å²) in [4.78, 5) is 40.1. The van der Waals surface area contributed by atoms with E-state index in [2.05, 4.69) is 5.32 Å². The van der Waals surface area contributed by atoms with E-state index in [0.29, 0.717) is 12.1 Å². The number of nitrogens with zero attached hydrogens (tertiary/aromatic N) is 3. The zero-order valence-electron chi connectivity index (χ0n) is 24.4. The molecule has 0 saturated carbocycles. The molecule has 0 radical (unpaired) electrons. The predicted molar refractivity (Wildman–Crippen MR) is 164 cm³/mol. The van der Waals surface area contributed by atoms with Gasteiger partial charge in [0.25, 0.3) is 5.69 Å². The summed E-state index contributed by atoms with van der Waals surface area (Å²) in [6.07, 6.45) is 2.80. The number of hydrogen-bond acceptors (Lipinski definition) is 6. The number of anilines is 1. The highest BCUT2D eigenvalue weighted by Gasteiger charge is 2.33. The first-order chi connectivity index (χ1) is 19.9. The molecule has 0 aliphatic carbocycles. The fraction of sp³-hybridized carbons (Fsp3) is 0.355. The number of rotatable bonds is 14. The second-order valence-corrected chi connectivity index (χ2v) is 12.3. The van der Waals surface area contributed by atoms with Gasteiger partial charge in [-0.05, 0) is 37.0 Å². The lowest BCUT2D eigenvalue weighted by Gasteiger charge is -2.33. The Morgan fingerprint density at radius 3 is 2.29 bits per heavy atom. The minimum atomic E-state index is -4.05. The molecule has 10 nitrogen and oxygen atoms in total. The van der Waals surface area contributed by atoms with Gasteiger partial charge in [-0.1, -0.05) is 79.6 Å². The Morgan fingerprint density at radius 1 is 0.976 bits per heavy atom. The van der Waals surface area contributed by atoms with Crippen LogP contribution in [0.15, 0.2) is 72.8 Å². The van der Waals surface area contributed by atoms with Crippen LogP contribution in [0.5, 0.6) is 0 Å². The molecule has 0 fully saturated rings. The number of non-ortho nitro benzene ring substituents is 1. The average molecular weight is 595 g/mol. The Morgan fingerprint density at radius 2 is 1.67 bits per heavy atom. The van der Waals surface area contributed by atoms with E-state index in [-0.39, 0.29) is 30.2 Å². The zero-order valence-corrected chi connectivity index (χ0v) is 25.3. The Balaban J connectivity index is 2.09. The van der Waals surface area contributed by atoms with Gasteiger partial charge in [-0.2, -0.15) is 0 Å². The molecule has 2 amide bonds. The van der Waals surface area contributed by atoms with Crippen LogP contribution in [-0.4, -0.2) is 55.4 Å². The van der Waals surface area contributed by atoms with E-state index in [4.69, 9.17) is 0 Å². The summed E-state index contributed by atoms with van der Waals surface area (Å²) < 4.78 is 26.9. The van der Waals surface area contributed by atoms with E-state index in [1.165, 1.54) is 17.0 Å². The summed E-state index contributed by atoms with van der Waals surface area (Å²) >= 11 is 0. The van der Waals surface area contributed by atoms with E-state index in [1.807, 2.05) is 68.4 Å². The maximum atomic E-state index is 14.2. The summed E-state index contributed by atoms with van der Waals surface area (Å²) in [5, 5.41) is 14.4. The Hall–Kier alpha value is -4.25. The maximum absolute atomic E-state index is 14.2. The zero-order chi connectivity index (χ0) is 30.9. The molecule has 0 heterocycles. The lowest BCUT2D eigenvalue weighted by Crippen LogP contribution is -2.53. The Bertz CT molecular complexity index is 1510. The van der Waals surface area contributed by atoms with Crippen LogP contribution in [0.1, 0.15) is 42.0 Å². The van der Waals surface area contributed by atoms with E-state index < -0.39 is 33.4 Å². The molecule has 224 valence electrons. The summed E-state index contributed by atoms with van der Waals surface area (Å²) in [5.74, 6) is -0.954. The van der Waals surface area contributed by atoms with Gasteiger partial charge in [0, 0.05) is 31.6 Å². The minimum Gasteiger partial charge on any atom is -0.354 e. The standard InChI is InChI=1S/C31H38N4O6S/c1-5-6-17-32-31(37)29(19-25-12-8-7-9-13-25)33(21-26-14-10-11-23(2)18-26)30(36)22-34(42(4,40)41)28-20-27(35(38)39)16-15-24(28)3/h7-16,18,20,29H,5-6,17,19,21-22H2,1-4H3,(H,32,37)/t29-/m0/s1. The third kappa shape index (κ3) is 8.87. The molecule has 0 spiro atoms. The van der Waals surface area contributed by atoms with Gasteiger partial charge in [-0.15, -0.1) is 0 Å². The molecule has 0 aromatic heterocycles. The van der Waals surface area contributed by atoms with Crippen molar-refractivity contribution < 1.29 is 22.9 Å². The molecule has 0 unspecified atom stereocenters. The van der Waals surface area contributed by atoms with E-state index in [1.54, 1.807) is 6.92 Å². The molecule has 42 heavy (non-hydrogen) atoms. The van der Waals surface area contributed by atoms with Crippen molar-refractivity contribution in [2.75, 3.05) is 23.7 Å². The van der Waals surface area contributed by atoms with Gasteiger partial charge in [-0.3, -0.25) is 24.0 Å². The van der Waals surface area contributed by atoms with Crippen molar-refractivity contribution in [3.05, 3.63) is 105 Å². The van der Waals surface area contributed by atoms with Gasteiger partial charge >= 0.3 is 0 Å². The molecule has 3 aromatic carbocycles. The number of nitro benzene ring substituents is 1. The second-order valence-electron chi connectivity index (χ2n) is 10.4. The van der Waals surface area contributed by atoms with Gasteiger partial charge in [0.05, 0.1) is 16.9 Å². The third-order valence-electron chi connectivity index (χ3n) is 6.89. The van der Waals surface area contributed by atoms with Gasteiger partial charge in [0.1, 0.15) is 12.6 Å². The number of amides is 2. The van der Waals surface area contributed by atoms with Crippen LogP contribution in [0.2, 0.25) is 0 Å². The summed E-state index contributed by atoms with van der Waals surface area (Å²) in [6, 6.07) is 19.8. The van der Waals surface area contributed by atoms with Gasteiger partial charge in [-0.25, -0.2) is 8.42 Å². The Kier molecular flexibility index (Phi) is 11.2. The van der Waals surface area contributed by atoms with Crippen LogP contribution in [-0.2, 0) is 32.6 Å². The first-order valence-electron chi connectivity index (χ1n) is 13.8. The Labute approximate surface area is 247 Å². The molecule has 0 bridgehead atoms. The maximum Gasteiger partial charge on any atom is 0.271 e. The molecule has 3 aromatic rings. The highest BCUT2D eigenvalue weighted by atomic mass is 32.2. The second kappa shape index (κ2) is 14.6. The predicted octanol–water partition coefficient (Wildman–Crippen LogP) is 4.53. The van der Waals surface area contributed by atoms with Crippen LogP contribution in [0.3, 0.4) is 0 Å². The SMILES string of the molecule is CCCCNC(=O)[C@H](Cc1ccccc1)N(Cc1cccc(C)c1)C(=O)CN(c1cc([N+](=O)[O-])ccc1C)S(C)(=O)=O. The fourth-order valence-electron chi connectivity index (χ4n) is 4.64. The normalized spacial score (nSPS) is 11.9. The number of hydrogen-bond donors (Lipinski definition) is 1. The number of unbranched alkanes of at least 4 members (excludes halogenated alkanes) is 1. The highest BCUT2D eigenvalue weighted by molar-refractivity contribution is 7.92. The van der Waals surface area contributed by atoms with Crippen molar-refractivity contribution in [2.45, 2.75) is 52.6 Å². The van der Waals surface area contributed by atoms with E-state index in [0.717, 1.165) is 46.2 Å². The van der Waals surface area contributed by atoms with Crippen molar-refractivity contribution in [3.8, 4) is 0 Å². The summed E-state index contributed by atoms with van der Waals surface area (Å²) in [6.45, 7) is 5.41. The number of nitrogens with one attached hydrogen (secondary N) is 1. The summed E-state index contributed by atoms with van der Waals surface area (Å²) in [7, 11) is -4.05. The van der Waals surface area contributed by atoms with Gasteiger partial charge in [0.2, 0.25) is 21.8 Å². The number of aryl methyl sites for hydroxylation is 2. The van der Waals surface area contributed by atoms with E-state index >= 15 is 0 Å². The van der Waals surface area contributed by atoms with Crippen LogP contribution in [0, 0.1) is 24.0 Å². The van der Waals surface area contributed by atoms with Crippen LogP contribution in [0.4, 0.5) is 11.4 Å². The lowest BCUT2D eigenvalue weighted by molar-refractivity contribution is -0.384. The number of carbonyl (C=O) groups excluding carboxylic acids is 2. The van der Waals surface area contributed by atoms with Crippen LogP contribution >= 0.6 is 0 Å². The molecule has 1 N–H and O–H groups in total. The number of carbonyl (C=O) groups is 2. The van der Waals surface area contributed by atoms with Crippen molar-refractivity contribution in [1.29, 1.82) is 0 Å². The minimum absolute atomic E-state index is 0.0302. The lowest BCUT2D eigenvalue weighted by atomic mass is 10.0. The first kappa shape index (κ1) is 32.3. The van der Waals surface area contributed by atoms with Crippen molar-refractivity contribution in [1.82, 2.24) is 10.2 Å². The molecule has 1 atom stereocenters. The molecule has 11 heteroatoms. The molecular formula is C31H38N4O6S. The monoisotopic (exact) mass is 594 g/mol. The number of nitro groups is 1. The first-order valence-corrected chi connectivity index (χ1v) is 15.6. The van der Waals surface area contributed by atoms with Gasteiger partial charge in [0.15, 0.2) is 0 Å². The van der Waals surface area contributed by atoms with Crippen molar-refractivity contribution in [2.24, 2.45) is 0 Å². The van der Waals surface area contributed by atoms with Gasteiger partial charge < -0.3 is 10.2 Å². The molecule has 0 aliphatic heterocycles. The van der Waals surface area contributed by atoms with E-state index in [9.17, 15) is 28.1 Å². The average Bonchev–Trinajstić information content (AvgIpc) is 2.94. The molecule has 3 rings (SSSR count). The smallest absolute Gasteiger partial charge is 0.271 e. The number of benzene rings is 3. The molecule has 0 saturated heterocycles. The van der Waals surface area contributed by atoms with Crippen LogP contribution < -0.4 is 9.62 Å². The van der Waals surface area contributed by atoms with Crippen molar-refractivity contribution in [3.63, 3.8) is 0 Å².